The highest BCUT2D eigenvalue weighted by molar-refractivity contribution is 9.10. The van der Waals surface area contributed by atoms with E-state index >= 15 is 0 Å². The largest absolute Gasteiger partial charge is 0.483 e. The summed E-state index contributed by atoms with van der Waals surface area (Å²) >= 11 is 3.41. The van der Waals surface area contributed by atoms with Crippen molar-refractivity contribution >= 4 is 21.8 Å². The molecular weight excluding hydrogens is 306 g/mol. The average molecular weight is 326 g/mol. The van der Waals surface area contributed by atoms with Crippen molar-refractivity contribution in [1.82, 2.24) is 4.90 Å². The van der Waals surface area contributed by atoms with Crippen molar-refractivity contribution in [2.24, 2.45) is 0 Å². The molecule has 0 bridgehead atoms. The second kappa shape index (κ2) is 6.94. The molecule has 0 N–H and O–H groups in total. The first-order chi connectivity index (χ1) is 9.16. The standard InChI is InChI=1S/C15H20BrNO2/c1-12-6-7-13(16)10-14(12)19-11-15(18)17-8-4-2-3-5-9-17/h6-7,10H,2-5,8-9,11H2,1H3. The van der Waals surface area contributed by atoms with E-state index in [2.05, 4.69) is 15.9 Å². The Labute approximate surface area is 123 Å². The van der Waals surface area contributed by atoms with Crippen LogP contribution in [0.5, 0.6) is 5.75 Å². The molecule has 1 heterocycles. The summed E-state index contributed by atoms with van der Waals surface area (Å²) in [6, 6.07) is 5.86. The van der Waals surface area contributed by atoms with Crippen LogP contribution in [-0.2, 0) is 4.79 Å². The Morgan fingerprint density at radius 3 is 2.63 bits per heavy atom. The first-order valence-electron chi connectivity index (χ1n) is 6.83. The fraction of sp³-hybridized carbons (Fsp3) is 0.533. The summed E-state index contributed by atoms with van der Waals surface area (Å²) in [6.07, 6.45) is 4.69. The fourth-order valence-corrected chi connectivity index (χ4v) is 2.62. The number of hydrogen-bond acceptors (Lipinski definition) is 2. The summed E-state index contributed by atoms with van der Waals surface area (Å²) in [7, 11) is 0. The smallest absolute Gasteiger partial charge is 0.260 e. The van der Waals surface area contributed by atoms with Crippen molar-refractivity contribution in [3.05, 3.63) is 28.2 Å². The summed E-state index contributed by atoms with van der Waals surface area (Å²) in [5, 5.41) is 0. The number of ether oxygens (including phenoxy) is 1. The summed E-state index contributed by atoms with van der Waals surface area (Å²) in [5.41, 5.74) is 1.05. The highest BCUT2D eigenvalue weighted by Crippen LogP contribution is 2.23. The van der Waals surface area contributed by atoms with Crippen LogP contribution in [0.15, 0.2) is 22.7 Å². The first-order valence-corrected chi connectivity index (χ1v) is 7.63. The molecule has 0 atom stereocenters. The van der Waals surface area contributed by atoms with E-state index in [0.29, 0.717) is 0 Å². The third-order valence-electron chi connectivity index (χ3n) is 3.46. The van der Waals surface area contributed by atoms with Crippen molar-refractivity contribution in [2.75, 3.05) is 19.7 Å². The van der Waals surface area contributed by atoms with E-state index in [9.17, 15) is 4.79 Å². The van der Waals surface area contributed by atoms with E-state index in [0.717, 1.165) is 41.7 Å². The molecule has 19 heavy (non-hydrogen) atoms. The molecule has 3 nitrogen and oxygen atoms in total. The Morgan fingerprint density at radius 1 is 1.26 bits per heavy atom. The highest BCUT2D eigenvalue weighted by Gasteiger charge is 2.16. The number of nitrogens with zero attached hydrogens (tertiary/aromatic N) is 1. The third kappa shape index (κ3) is 4.23. The molecule has 0 unspecified atom stereocenters. The molecular formula is C15H20BrNO2. The maximum absolute atomic E-state index is 12.1. The van der Waals surface area contributed by atoms with Gasteiger partial charge in [-0.1, -0.05) is 34.8 Å². The minimum Gasteiger partial charge on any atom is -0.483 e. The van der Waals surface area contributed by atoms with Gasteiger partial charge in [-0.15, -0.1) is 0 Å². The van der Waals surface area contributed by atoms with E-state index in [-0.39, 0.29) is 12.5 Å². The van der Waals surface area contributed by atoms with Crippen LogP contribution in [0.4, 0.5) is 0 Å². The number of likely N-dealkylation sites (tertiary alicyclic amines) is 1. The Balaban J connectivity index is 1.90. The van der Waals surface area contributed by atoms with Crippen molar-refractivity contribution in [1.29, 1.82) is 0 Å². The Morgan fingerprint density at radius 2 is 1.95 bits per heavy atom. The molecule has 104 valence electrons. The molecule has 1 aliphatic rings. The molecule has 1 fully saturated rings. The van der Waals surface area contributed by atoms with Gasteiger partial charge >= 0.3 is 0 Å². The molecule has 1 aromatic carbocycles. The molecule has 1 saturated heterocycles. The van der Waals surface area contributed by atoms with Gasteiger partial charge in [0.25, 0.3) is 5.91 Å². The van der Waals surface area contributed by atoms with Gasteiger partial charge in [0.15, 0.2) is 6.61 Å². The summed E-state index contributed by atoms with van der Waals surface area (Å²) < 4.78 is 6.62. The molecule has 4 heteroatoms. The van der Waals surface area contributed by atoms with Crippen molar-refractivity contribution < 1.29 is 9.53 Å². The molecule has 0 radical (unpaired) electrons. The van der Waals surface area contributed by atoms with Gasteiger partial charge in [0.2, 0.25) is 0 Å². The van der Waals surface area contributed by atoms with E-state index in [1.165, 1.54) is 12.8 Å². The van der Waals surface area contributed by atoms with Crippen LogP contribution >= 0.6 is 15.9 Å². The second-order valence-electron chi connectivity index (χ2n) is 4.99. The molecule has 1 aliphatic heterocycles. The number of hydrogen-bond donors (Lipinski definition) is 0. The fourth-order valence-electron chi connectivity index (χ4n) is 2.28. The normalized spacial score (nSPS) is 16.0. The third-order valence-corrected chi connectivity index (χ3v) is 3.95. The van der Waals surface area contributed by atoms with Crippen LogP contribution in [0.2, 0.25) is 0 Å². The van der Waals surface area contributed by atoms with E-state index in [4.69, 9.17) is 4.74 Å². The number of amides is 1. The van der Waals surface area contributed by atoms with Gasteiger partial charge in [-0.2, -0.15) is 0 Å². The topological polar surface area (TPSA) is 29.5 Å². The van der Waals surface area contributed by atoms with E-state index < -0.39 is 0 Å². The monoisotopic (exact) mass is 325 g/mol. The van der Waals surface area contributed by atoms with Gasteiger partial charge in [0, 0.05) is 17.6 Å². The second-order valence-corrected chi connectivity index (χ2v) is 5.91. The van der Waals surface area contributed by atoms with Gasteiger partial charge < -0.3 is 9.64 Å². The molecule has 0 aliphatic carbocycles. The zero-order chi connectivity index (χ0) is 13.7. The number of halogens is 1. The number of rotatable bonds is 3. The zero-order valence-corrected chi connectivity index (χ0v) is 12.9. The lowest BCUT2D eigenvalue weighted by molar-refractivity contribution is -0.133. The molecule has 1 aromatic rings. The lowest BCUT2D eigenvalue weighted by Crippen LogP contribution is -2.35. The molecule has 1 amide bonds. The van der Waals surface area contributed by atoms with Gasteiger partial charge in [-0.05, 0) is 37.5 Å². The van der Waals surface area contributed by atoms with Crippen LogP contribution in [0, 0.1) is 6.92 Å². The summed E-state index contributed by atoms with van der Waals surface area (Å²) in [6.45, 7) is 3.87. The van der Waals surface area contributed by atoms with Gasteiger partial charge in [0.1, 0.15) is 5.75 Å². The highest BCUT2D eigenvalue weighted by atomic mass is 79.9. The number of benzene rings is 1. The molecule has 0 spiro atoms. The maximum Gasteiger partial charge on any atom is 0.260 e. The number of carbonyl (C=O) groups is 1. The SMILES string of the molecule is Cc1ccc(Br)cc1OCC(=O)N1CCCCCC1. The van der Waals surface area contributed by atoms with Gasteiger partial charge in [0.05, 0.1) is 0 Å². The zero-order valence-electron chi connectivity index (χ0n) is 11.3. The van der Waals surface area contributed by atoms with E-state index in [1.54, 1.807) is 0 Å². The van der Waals surface area contributed by atoms with Crippen molar-refractivity contribution in [3.8, 4) is 5.75 Å². The number of aryl methyl sites for hydroxylation is 1. The van der Waals surface area contributed by atoms with Gasteiger partial charge in [-0.25, -0.2) is 0 Å². The quantitative estimate of drug-likeness (QED) is 0.850. The molecule has 0 saturated carbocycles. The minimum atomic E-state index is 0.0984. The lowest BCUT2D eigenvalue weighted by Gasteiger charge is -2.20. The van der Waals surface area contributed by atoms with Gasteiger partial charge in [-0.3, -0.25) is 4.79 Å². The Bertz CT molecular complexity index is 440. The predicted molar refractivity (Wildman–Crippen MR) is 79.4 cm³/mol. The van der Waals surface area contributed by atoms with Crippen LogP contribution in [0.3, 0.4) is 0 Å². The number of carbonyl (C=O) groups excluding carboxylic acids is 1. The maximum atomic E-state index is 12.1. The lowest BCUT2D eigenvalue weighted by atomic mass is 10.2. The molecule has 0 aromatic heterocycles. The Hall–Kier alpha value is -1.03. The minimum absolute atomic E-state index is 0.0984. The van der Waals surface area contributed by atoms with Crippen molar-refractivity contribution in [3.63, 3.8) is 0 Å². The van der Waals surface area contributed by atoms with Crippen LogP contribution < -0.4 is 4.74 Å². The Kier molecular flexibility index (Phi) is 5.25. The summed E-state index contributed by atoms with van der Waals surface area (Å²) in [5.74, 6) is 0.874. The van der Waals surface area contributed by atoms with Crippen LogP contribution in [0.25, 0.3) is 0 Å². The van der Waals surface area contributed by atoms with Crippen LogP contribution in [0.1, 0.15) is 31.2 Å². The van der Waals surface area contributed by atoms with Crippen molar-refractivity contribution in [2.45, 2.75) is 32.6 Å². The average Bonchev–Trinajstić information content (AvgIpc) is 2.68. The summed E-state index contributed by atoms with van der Waals surface area (Å²) in [4.78, 5) is 14.0. The first kappa shape index (κ1) is 14.4. The van der Waals surface area contributed by atoms with E-state index in [1.807, 2.05) is 30.0 Å². The molecule has 2 rings (SSSR count). The van der Waals surface area contributed by atoms with Crippen LogP contribution in [-0.4, -0.2) is 30.5 Å². The predicted octanol–water partition coefficient (Wildman–Crippen LogP) is 3.54.